The van der Waals surface area contributed by atoms with E-state index in [0.29, 0.717) is 5.92 Å². The van der Waals surface area contributed by atoms with Crippen LogP contribution in [0.5, 0.6) is 0 Å². The number of aryl methyl sites for hydroxylation is 1. The Morgan fingerprint density at radius 1 is 1.06 bits per heavy atom. The van der Waals surface area contributed by atoms with Crippen LogP contribution in [0.25, 0.3) is 0 Å². The van der Waals surface area contributed by atoms with Crippen LogP contribution in [0.1, 0.15) is 76.0 Å². The summed E-state index contributed by atoms with van der Waals surface area (Å²) < 4.78 is 0. The SMILES string of the molecule is CCCCCCC(CCC)c1ccnnc1C. The van der Waals surface area contributed by atoms with Gasteiger partial charge in [0.2, 0.25) is 0 Å². The van der Waals surface area contributed by atoms with Gasteiger partial charge in [-0.25, -0.2) is 0 Å². The highest BCUT2D eigenvalue weighted by atomic mass is 15.1. The van der Waals surface area contributed by atoms with E-state index < -0.39 is 0 Å². The summed E-state index contributed by atoms with van der Waals surface area (Å²) in [4.78, 5) is 0. The maximum absolute atomic E-state index is 4.18. The Bertz CT molecular complexity index is 310. The summed E-state index contributed by atoms with van der Waals surface area (Å²) in [6.07, 6.45) is 11.1. The zero-order valence-corrected chi connectivity index (χ0v) is 11.6. The molecular formula is C15H26N2. The first-order valence-electron chi connectivity index (χ1n) is 7.07. The fourth-order valence-electron chi connectivity index (χ4n) is 2.46. The average molecular weight is 234 g/mol. The summed E-state index contributed by atoms with van der Waals surface area (Å²) in [5.74, 6) is 0.687. The molecule has 1 unspecified atom stereocenters. The largest absolute Gasteiger partial charge is 0.159 e. The third-order valence-electron chi connectivity index (χ3n) is 3.43. The van der Waals surface area contributed by atoms with Crippen molar-refractivity contribution < 1.29 is 0 Å². The molecule has 17 heavy (non-hydrogen) atoms. The molecule has 0 saturated heterocycles. The van der Waals surface area contributed by atoms with Crippen molar-refractivity contribution in [2.24, 2.45) is 0 Å². The standard InChI is InChI=1S/C15H26N2/c1-4-6-7-8-10-14(9-5-2)15-11-12-16-17-13(15)3/h11-12,14H,4-10H2,1-3H3. The molecule has 0 bridgehead atoms. The molecule has 0 N–H and O–H groups in total. The van der Waals surface area contributed by atoms with Gasteiger partial charge < -0.3 is 0 Å². The molecule has 0 saturated carbocycles. The summed E-state index contributed by atoms with van der Waals surface area (Å²) >= 11 is 0. The second-order valence-electron chi connectivity index (χ2n) is 4.91. The van der Waals surface area contributed by atoms with E-state index in [9.17, 15) is 0 Å². The van der Waals surface area contributed by atoms with Crippen LogP contribution in [0.2, 0.25) is 0 Å². The van der Waals surface area contributed by atoms with Crippen LogP contribution < -0.4 is 0 Å². The second-order valence-corrected chi connectivity index (χ2v) is 4.91. The van der Waals surface area contributed by atoms with Gasteiger partial charge in [0, 0.05) is 6.20 Å². The number of rotatable bonds is 8. The fourth-order valence-corrected chi connectivity index (χ4v) is 2.46. The van der Waals surface area contributed by atoms with Gasteiger partial charge in [-0.1, -0.05) is 46.0 Å². The molecule has 1 heterocycles. The lowest BCUT2D eigenvalue weighted by Gasteiger charge is -2.17. The maximum Gasteiger partial charge on any atom is 0.0634 e. The van der Waals surface area contributed by atoms with Gasteiger partial charge in [-0.15, -0.1) is 0 Å². The van der Waals surface area contributed by atoms with Gasteiger partial charge in [-0.3, -0.25) is 0 Å². The van der Waals surface area contributed by atoms with Crippen molar-refractivity contribution in [3.05, 3.63) is 23.5 Å². The van der Waals surface area contributed by atoms with E-state index in [1.54, 1.807) is 0 Å². The first-order valence-corrected chi connectivity index (χ1v) is 7.07. The predicted octanol–water partition coefficient (Wildman–Crippen LogP) is 4.64. The van der Waals surface area contributed by atoms with Crippen molar-refractivity contribution in [2.45, 2.75) is 71.6 Å². The third-order valence-corrected chi connectivity index (χ3v) is 3.43. The molecule has 0 spiro atoms. The quantitative estimate of drug-likeness (QED) is 0.612. The lowest BCUT2D eigenvalue weighted by atomic mass is 9.89. The summed E-state index contributed by atoms with van der Waals surface area (Å²) in [5.41, 5.74) is 2.53. The molecule has 1 atom stereocenters. The lowest BCUT2D eigenvalue weighted by Crippen LogP contribution is -2.03. The second kappa shape index (κ2) is 8.21. The van der Waals surface area contributed by atoms with Crippen molar-refractivity contribution in [3.63, 3.8) is 0 Å². The van der Waals surface area contributed by atoms with Crippen LogP contribution >= 0.6 is 0 Å². The summed E-state index contributed by atoms with van der Waals surface area (Å²) in [6.45, 7) is 6.61. The van der Waals surface area contributed by atoms with E-state index in [1.807, 2.05) is 6.20 Å². The Morgan fingerprint density at radius 2 is 1.88 bits per heavy atom. The van der Waals surface area contributed by atoms with E-state index in [4.69, 9.17) is 0 Å². The molecular weight excluding hydrogens is 208 g/mol. The maximum atomic E-state index is 4.18. The highest BCUT2D eigenvalue weighted by Gasteiger charge is 2.13. The number of hydrogen-bond acceptors (Lipinski definition) is 2. The van der Waals surface area contributed by atoms with Crippen molar-refractivity contribution in [2.75, 3.05) is 0 Å². The molecule has 0 fully saturated rings. The van der Waals surface area contributed by atoms with E-state index >= 15 is 0 Å². The van der Waals surface area contributed by atoms with E-state index in [-0.39, 0.29) is 0 Å². The van der Waals surface area contributed by atoms with Gasteiger partial charge in [-0.05, 0) is 37.3 Å². The normalized spacial score (nSPS) is 12.6. The van der Waals surface area contributed by atoms with E-state index in [0.717, 1.165) is 5.69 Å². The summed E-state index contributed by atoms with van der Waals surface area (Å²) in [6, 6.07) is 2.16. The Balaban J connectivity index is 2.56. The third kappa shape index (κ3) is 4.84. The van der Waals surface area contributed by atoms with Gasteiger partial charge in [0.1, 0.15) is 0 Å². The molecule has 1 aromatic heterocycles. The van der Waals surface area contributed by atoms with E-state index in [1.165, 1.54) is 50.5 Å². The molecule has 1 aromatic rings. The Kier molecular flexibility index (Phi) is 6.83. The van der Waals surface area contributed by atoms with Gasteiger partial charge in [0.15, 0.2) is 0 Å². The van der Waals surface area contributed by atoms with Crippen molar-refractivity contribution in [1.82, 2.24) is 10.2 Å². The summed E-state index contributed by atoms with van der Waals surface area (Å²) in [5, 5.41) is 8.12. The Labute approximate surface area is 106 Å². The zero-order valence-electron chi connectivity index (χ0n) is 11.6. The molecule has 0 amide bonds. The smallest absolute Gasteiger partial charge is 0.0634 e. The number of hydrogen-bond donors (Lipinski definition) is 0. The van der Waals surface area contributed by atoms with Gasteiger partial charge in [-0.2, -0.15) is 10.2 Å². The minimum Gasteiger partial charge on any atom is -0.159 e. The number of unbranched alkanes of at least 4 members (excludes halogenated alkanes) is 3. The monoisotopic (exact) mass is 234 g/mol. The zero-order chi connectivity index (χ0) is 12.5. The summed E-state index contributed by atoms with van der Waals surface area (Å²) in [7, 11) is 0. The van der Waals surface area contributed by atoms with Crippen LogP contribution in [0, 0.1) is 6.92 Å². The van der Waals surface area contributed by atoms with Crippen LogP contribution in [-0.2, 0) is 0 Å². The molecule has 2 nitrogen and oxygen atoms in total. The number of nitrogens with zero attached hydrogens (tertiary/aromatic N) is 2. The Morgan fingerprint density at radius 3 is 2.53 bits per heavy atom. The van der Waals surface area contributed by atoms with Crippen LogP contribution in [0.15, 0.2) is 12.3 Å². The minimum absolute atomic E-state index is 0.687. The molecule has 1 rings (SSSR count). The number of aromatic nitrogens is 2. The highest BCUT2D eigenvalue weighted by Crippen LogP contribution is 2.28. The van der Waals surface area contributed by atoms with Crippen molar-refractivity contribution in [1.29, 1.82) is 0 Å². The van der Waals surface area contributed by atoms with Gasteiger partial charge >= 0.3 is 0 Å². The van der Waals surface area contributed by atoms with Gasteiger partial charge in [0.25, 0.3) is 0 Å². The molecule has 96 valence electrons. The molecule has 2 heteroatoms. The van der Waals surface area contributed by atoms with Crippen LogP contribution in [-0.4, -0.2) is 10.2 Å². The topological polar surface area (TPSA) is 25.8 Å². The van der Waals surface area contributed by atoms with Crippen molar-refractivity contribution in [3.8, 4) is 0 Å². The fraction of sp³-hybridized carbons (Fsp3) is 0.733. The lowest BCUT2D eigenvalue weighted by molar-refractivity contribution is 0.517. The molecule has 0 aliphatic rings. The average Bonchev–Trinajstić information content (AvgIpc) is 2.34. The first-order chi connectivity index (χ1) is 8.29. The van der Waals surface area contributed by atoms with Crippen molar-refractivity contribution >= 4 is 0 Å². The molecule has 0 radical (unpaired) electrons. The van der Waals surface area contributed by atoms with Gasteiger partial charge in [0.05, 0.1) is 5.69 Å². The highest BCUT2D eigenvalue weighted by molar-refractivity contribution is 5.20. The van der Waals surface area contributed by atoms with Crippen LogP contribution in [0.4, 0.5) is 0 Å². The Hall–Kier alpha value is -0.920. The minimum atomic E-state index is 0.687. The molecule has 0 aromatic carbocycles. The predicted molar refractivity (Wildman–Crippen MR) is 73.2 cm³/mol. The van der Waals surface area contributed by atoms with E-state index in [2.05, 4.69) is 37.0 Å². The first kappa shape index (κ1) is 14.1. The molecule has 0 aliphatic carbocycles. The van der Waals surface area contributed by atoms with Crippen LogP contribution in [0.3, 0.4) is 0 Å². The molecule has 0 aliphatic heterocycles.